The molecule has 9 N–H and O–H groups in total. The number of nitrogens with two attached hydrogens (primary N) is 3. The molecule has 113 heavy (non-hydrogen) atoms. The summed E-state index contributed by atoms with van der Waals surface area (Å²) in [5.74, 6) is 5.63. The molecule has 0 bridgehead atoms. The number of nitrogens with zero attached hydrogens (tertiary/aromatic N) is 14. The van der Waals surface area contributed by atoms with Crippen molar-refractivity contribution in [3.63, 3.8) is 0 Å². The van der Waals surface area contributed by atoms with Crippen molar-refractivity contribution >= 4 is 74.6 Å². The molecule has 2 saturated carbocycles. The number of nitrogens with one attached hydrogen (secondary N) is 1. The summed E-state index contributed by atoms with van der Waals surface area (Å²) in [5, 5.41) is 36.6. The number of rotatable bonds is 13. The standard InChI is InChI=1S/C27H30N6O3.C26H26N6O2.C17H13N5O.C10H19NO3.C4H6O2/c1-27(2,3)36-26(34)32-15-7-8-19(16-32)33-25-22(24(28)29-17-30-25)23(31-33)18-11-13-21(14-12-18)35-20-9-5-4-6-10-20;27-24-22-23(17-10-12-21(13-11-17)34-20-6-2-1-3-7-20)30-32(25(22)29-16-28-24)19-5-4-14-31(15-19)26(33)18-8-9-18;18-16-14-15(21-22-17(14)20-10-19-16)11-6-8-13(9-7-11)23-12-4-2-1-3-5-12;1-10(2,3)14-9(13)11-6-4-5-8(12)7-11;5-4(6)3-1-2-3/h4-6,9-14,17,19H,7-8,15-16H2,1-3H3,(H2,28,29,30);1-3,6-7,10-13,16,18-19H,4-5,8-9,14-15H2,(H2,27,28,29);1-10H,(H3,18,19,20,21,22);8,12H,4-7H2,1-3H3;3H,1-2H2,(H,5,6)/t2*19-;;8-;/m11.0./s1. The maximum Gasteiger partial charge on any atom is 0.410 e. The Bertz CT molecular complexity index is 5220. The van der Waals surface area contributed by atoms with Crippen LogP contribution in [0.4, 0.5) is 27.0 Å². The van der Waals surface area contributed by atoms with Crippen LogP contribution in [0.5, 0.6) is 34.5 Å². The fourth-order valence-corrected chi connectivity index (χ4v) is 13.3. The number of nitrogen functional groups attached to an aromatic ring is 3. The van der Waals surface area contributed by atoms with Crippen LogP contribution in [-0.2, 0) is 19.1 Å². The number of hydrogen-bond donors (Lipinski definition) is 6. The van der Waals surface area contributed by atoms with E-state index in [4.69, 9.17) is 56.2 Å². The molecular formula is C84H94N18O11. The Morgan fingerprint density at radius 3 is 1.20 bits per heavy atom. The minimum Gasteiger partial charge on any atom is -0.481 e. The first-order valence-electron chi connectivity index (χ1n) is 38.0. The van der Waals surface area contributed by atoms with Crippen LogP contribution in [-0.4, -0.2) is 165 Å². The van der Waals surface area contributed by atoms with Crippen LogP contribution in [0.15, 0.2) is 183 Å². The van der Waals surface area contributed by atoms with Gasteiger partial charge in [0.25, 0.3) is 0 Å². The predicted molar refractivity (Wildman–Crippen MR) is 428 cm³/mol. The molecule has 3 atom stereocenters. The third-order valence-electron chi connectivity index (χ3n) is 19.1. The lowest BCUT2D eigenvalue weighted by Crippen LogP contribution is -2.44. The van der Waals surface area contributed by atoms with Gasteiger partial charge in [0, 0.05) is 61.9 Å². The normalized spacial score (nSPS) is 16.8. The quantitative estimate of drug-likeness (QED) is 0.0624. The number of fused-ring (bicyclic) bond motifs is 3. The smallest absolute Gasteiger partial charge is 0.410 e. The highest BCUT2D eigenvalue weighted by Crippen LogP contribution is 2.40. The minimum atomic E-state index is -0.630. The second-order valence-corrected chi connectivity index (χ2v) is 30.3. The number of likely N-dealkylation sites (tertiary alicyclic amines) is 3. The van der Waals surface area contributed by atoms with E-state index in [1.165, 1.54) is 19.0 Å². The molecule has 2 aliphatic carbocycles. The highest BCUT2D eigenvalue weighted by atomic mass is 16.6. The molecule has 5 aliphatic rings. The first-order chi connectivity index (χ1) is 54.4. The third-order valence-corrected chi connectivity index (χ3v) is 19.1. The molecule has 3 aliphatic heterocycles. The molecule has 9 heterocycles. The largest absolute Gasteiger partial charge is 0.481 e. The fraction of sp³-hybridized carbons (Fsp3) is 0.345. The number of hydrogen-bond acceptors (Lipinski definition) is 22. The van der Waals surface area contributed by atoms with Gasteiger partial charge in [-0.1, -0.05) is 54.6 Å². The number of benzene rings is 6. The van der Waals surface area contributed by atoms with Gasteiger partial charge in [0.15, 0.2) is 16.9 Å². The number of aliphatic hydroxyl groups excluding tert-OH is 1. The van der Waals surface area contributed by atoms with Gasteiger partial charge in [-0.2, -0.15) is 15.3 Å². The summed E-state index contributed by atoms with van der Waals surface area (Å²) >= 11 is 0. The van der Waals surface area contributed by atoms with E-state index in [1.807, 2.05) is 220 Å². The number of aliphatic carboxylic acids is 1. The van der Waals surface area contributed by atoms with Crippen molar-refractivity contribution in [3.05, 3.63) is 183 Å². The number of aliphatic hydroxyl groups is 1. The molecule has 6 aromatic heterocycles. The number of carboxylic acids is 1. The van der Waals surface area contributed by atoms with Gasteiger partial charge in [-0.25, -0.2) is 48.9 Å². The van der Waals surface area contributed by atoms with E-state index in [9.17, 15) is 24.3 Å². The van der Waals surface area contributed by atoms with E-state index in [0.29, 0.717) is 78.2 Å². The summed E-state index contributed by atoms with van der Waals surface area (Å²) in [7, 11) is 0. The van der Waals surface area contributed by atoms with Crippen LogP contribution in [0.3, 0.4) is 0 Å². The van der Waals surface area contributed by atoms with Crippen molar-refractivity contribution in [1.82, 2.24) is 74.4 Å². The summed E-state index contributed by atoms with van der Waals surface area (Å²) in [4.78, 5) is 77.6. The van der Waals surface area contributed by atoms with Gasteiger partial charge in [0.05, 0.1) is 46.0 Å². The molecule has 3 amide bonds. The van der Waals surface area contributed by atoms with Crippen molar-refractivity contribution in [2.75, 3.05) is 56.5 Å². The highest BCUT2D eigenvalue weighted by molar-refractivity contribution is 6.00. The Labute approximate surface area is 653 Å². The monoisotopic (exact) mass is 1530 g/mol. The zero-order chi connectivity index (χ0) is 79.3. The summed E-state index contributed by atoms with van der Waals surface area (Å²) in [6.45, 7) is 14.8. The Balaban J connectivity index is 0.000000134. The molecule has 29 nitrogen and oxygen atoms in total. The van der Waals surface area contributed by atoms with Crippen LogP contribution in [0.2, 0.25) is 0 Å². The van der Waals surface area contributed by atoms with Crippen molar-refractivity contribution < 1.29 is 53.1 Å². The number of ether oxygens (including phenoxy) is 5. The van der Waals surface area contributed by atoms with Crippen LogP contribution in [0.25, 0.3) is 66.9 Å². The van der Waals surface area contributed by atoms with Gasteiger partial charge >= 0.3 is 18.2 Å². The molecule has 29 heteroatoms. The zero-order valence-electron chi connectivity index (χ0n) is 64.1. The molecule has 0 spiro atoms. The van der Waals surface area contributed by atoms with E-state index >= 15 is 0 Å². The number of carboxylic acid groups (broad SMARTS) is 1. The number of piperidine rings is 3. The van der Waals surface area contributed by atoms with Crippen molar-refractivity contribution in [2.24, 2.45) is 11.8 Å². The molecule has 17 rings (SSSR count). The van der Waals surface area contributed by atoms with E-state index in [0.717, 1.165) is 144 Å². The number of para-hydroxylation sites is 3. The number of carbonyl (C=O) groups is 4. The summed E-state index contributed by atoms with van der Waals surface area (Å²) < 4.78 is 32.3. The minimum absolute atomic E-state index is 0.0185. The molecule has 6 aromatic carbocycles. The summed E-state index contributed by atoms with van der Waals surface area (Å²) in [5.41, 5.74) is 24.4. The van der Waals surface area contributed by atoms with Gasteiger partial charge in [-0.05, 0) is 215 Å². The number of β-amino-alcohol motifs (C(OH)–C–C–N with tert-alkyl or cyclic N) is 1. The molecule has 5 fully saturated rings. The van der Waals surface area contributed by atoms with E-state index in [2.05, 4.69) is 40.1 Å². The van der Waals surface area contributed by atoms with Crippen LogP contribution in [0, 0.1) is 11.8 Å². The Morgan fingerprint density at radius 1 is 0.434 bits per heavy atom. The van der Waals surface area contributed by atoms with E-state index < -0.39 is 23.3 Å². The van der Waals surface area contributed by atoms with Crippen molar-refractivity contribution in [3.8, 4) is 68.3 Å². The molecule has 0 unspecified atom stereocenters. The number of carbonyl (C=O) groups excluding carboxylic acids is 3. The number of aromatic nitrogens is 12. The second-order valence-electron chi connectivity index (χ2n) is 30.3. The fourth-order valence-electron chi connectivity index (χ4n) is 13.3. The number of amides is 3. The van der Waals surface area contributed by atoms with Gasteiger partial charge in [0.1, 0.15) is 93.5 Å². The van der Waals surface area contributed by atoms with Crippen LogP contribution in [0.1, 0.15) is 118 Å². The lowest BCUT2D eigenvalue weighted by atomic mass is 10.1. The Kier molecular flexibility index (Phi) is 24.3. The zero-order valence-corrected chi connectivity index (χ0v) is 64.1. The molecule has 0 radical (unpaired) electrons. The third kappa shape index (κ3) is 20.4. The average molecular weight is 1530 g/mol. The number of anilines is 3. The predicted octanol–water partition coefficient (Wildman–Crippen LogP) is 15.1. The summed E-state index contributed by atoms with van der Waals surface area (Å²) in [6, 6.07) is 52.1. The summed E-state index contributed by atoms with van der Waals surface area (Å²) in [6.07, 6.45) is 12.4. The molecule has 12 aromatic rings. The molecule has 3 saturated heterocycles. The van der Waals surface area contributed by atoms with Gasteiger partial charge in [-0.15, -0.1) is 0 Å². The first kappa shape index (κ1) is 78.3. The molecular weight excluding hydrogens is 1440 g/mol. The lowest BCUT2D eigenvalue weighted by molar-refractivity contribution is -0.138. The Hall–Kier alpha value is -12.8. The first-order valence-corrected chi connectivity index (χ1v) is 38.0. The second kappa shape index (κ2) is 35.1. The maximum absolute atomic E-state index is 12.7. The van der Waals surface area contributed by atoms with Crippen LogP contribution >= 0.6 is 0 Å². The van der Waals surface area contributed by atoms with Crippen LogP contribution < -0.4 is 31.4 Å². The number of aromatic amines is 1. The van der Waals surface area contributed by atoms with E-state index in [1.54, 1.807) is 9.80 Å². The van der Waals surface area contributed by atoms with Crippen molar-refractivity contribution in [2.45, 2.75) is 135 Å². The molecule has 586 valence electrons. The maximum atomic E-state index is 12.7. The SMILES string of the molecule is CC(C)(C)OC(=O)N1CCC[C@@H](n2nc(-c3ccc(Oc4ccccc4)cc3)c3c(N)ncnc32)C1.CC(C)(C)OC(=O)N1CCC[C@H](O)C1.Nc1ncnc2c1c(-c1ccc(Oc3ccccc3)cc1)nn2[C@@H]1CCCN(C(=O)C2CC2)C1.Nc1ncnc2n[nH]c(-c3ccc(Oc4ccccc4)cc3)c12.O=C(O)C1CC1. The Morgan fingerprint density at radius 2 is 0.805 bits per heavy atom. The van der Waals surface area contributed by atoms with Gasteiger partial charge in [0.2, 0.25) is 5.91 Å². The van der Waals surface area contributed by atoms with E-state index in [-0.39, 0.29) is 42.0 Å². The van der Waals surface area contributed by atoms with Gasteiger partial charge < -0.3 is 65.8 Å². The van der Waals surface area contributed by atoms with Crippen molar-refractivity contribution in [1.29, 1.82) is 0 Å². The highest BCUT2D eigenvalue weighted by Gasteiger charge is 2.38. The average Bonchev–Trinajstić information content (AvgIpc) is 1.62. The van der Waals surface area contributed by atoms with Gasteiger partial charge in [-0.3, -0.25) is 14.7 Å². The lowest BCUT2D eigenvalue weighted by Gasteiger charge is -2.34. The topological polar surface area (TPSA) is 384 Å². The number of H-pyrrole nitrogens is 1.